The number of halogens is 1. The summed E-state index contributed by atoms with van der Waals surface area (Å²) in [5, 5.41) is 11.1. The molecule has 0 aliphatic carbocycles. The Morgan fingerprint density at radius 3 is 2.66 bits per heavy atom. The Morgan fingerprint density at radius 2 is 2.00 bits per heavy atom. The van der Waals surface area contributed by atoms with E-state index in [2.05, 4.69) is 4.98 Å². The van der Waals surface area contributed by atoms with Crippen molar-refractivity contribution in [2.75, 3.05) is 6.54 Å². The minimum Gasteiger partial charge on any atom is -0.503 e. The zero-order valence-corrected chi connectivity index (χ0v) is 16.1. The lowest BCUT2D eigenvalue weighted by atomic mass is 9.95. The summed E-state index contributed by atoms with van der Waals surface area (Å²) in [6, 6.07) is 9.24. The van der Waals surface area contributed by atoms with Crippen LogP contribution in [0, 0.1) is 0 Å². The first kappa shape index (κ1) is 19.0. The highest BCUT2D eigenvalue weighted by Crippen LogP contribution is 2.39. The summed E-state index contributed by atoms with van der Waals surface area (Å²) in [5.74, 6) is -1.57. The van der Waals surface area contributed by atoms with Crippen molar-refractivity contribution in [3.05, 3.63) is 89.1 Å². The van der Waals surface area contributed by atoms with Crippen LogP contribution in [0.1, 0.15) is 28.6 Å². The molecule has 1 aliphatic heterocycles. The van der Waals surface area contributed by atoms with E-state index in [1.165, 1.54) is 17.2 Å². The van der Waals surface area contributed by atoms with Gasteiger partial charge in [0.2, 0.25) is 5.78 Å². The molecule has 148 valence electrons. The molecule has 1 aromatic carbocycles. The van der Waals surface area contributed by atoms with Gasteiger partial charge < -0.3 is 19.0 Å². The molecule has 0 fully saturated rings. The second-order valence-electron chi connectivity index (χ2n) is 6.68. The van der Waals surface area contributed by atoms with Crippen LogP contribution in [-0.2, 0) is 11.3 Å². The standard InChI is InChI=1S/C21H18ClN3O4/c22-15-6-4-14(5-7-15)18-17(19(26)16-3-1-12-29-16)20(27)21(28)25(18)10-2-9-24-11-8-23-13-24/h1,3-8,11-13,18,27H,2,9-10H2/t18-/m0/s1. The van der Waals surface area contributed by atoms with Gasteiger partial charge in [-0.15, -0.1) is 0 Å². The van der Waals surface area contributed by atoms with Crippen molar-refractivity contribution in [2.45, 2.75) is 19.0 Å². The van der Waals surface area contributed by atoms with E-state index >= 15 is 0 Å². The first-order chi connectivity index (χ1) is 14.1. The number of carbonyl (C=O) groups excluding carboxylic acids is 2. The number of aliphatic hydroxyl groups is 1. The summed E-state index contributed by atoms with van der Waals surface area (Å²) in [4.78, 5) is 31.3. The second kappa shape index (κ2) is 7.97. The zero-order valence-electron chi connectivity index (χ0n) is 15.4. The first-order valence-corrected chi connectivity index (χ1v) is 9.47. The number of benzene rings is 1. The third-order valence-corrected chi connectivity index (χ3v) is 5.11. The fraction of sp³-hybridized carbons (Fsp3) is 0.190. The Labute approximate surface area is 171 Å². The van der Waals surface area contributed by atoms with Crippen molar-refractivity contribution in [2.24, 2.45) is 0 Å². The molecule has 8 heteroatoms. The fourth-order valence-electron chi connectivity index (χ4n) is 3.49. The molecule has 3 heterocycles. The summed E-state index contributed by atoms with van der Waals surface area (Å²) in [6.07, 6.45) is 7.22. The van der Waals surface area contributed by atoms with Gasteiger partial charge >= 0.3 is 0 Å². The smallest absolute Gasteiger partial charge is 0.290 e. The predicted octanol–water partition coefficient (Wildman–Crippen LogP) is 3.80. The van der Waals surface area contributed by atoms with Crippen LogP contribution in [0.25, 0.3) is 0 Å². The second-order valence-corrected chi connectivity index (χ2v) is 7.11. The van der Waals surface area contributed by atoms with Gasteiger partial charge in [-0.3, -0.25) is 9.59 Å². The lowest BCUT2D eigenvalue weighted by Gasteiger charge is -2.26. The van der Waals surface area contributed by atoms with E-state index in [9.17, 15) is 14.7 Å². The summed E-state index contributed by atoms with van der Waals surface area (Å²) >= 11 is 6.00. The number of amides is 1. The van der Waals surface area contributed by atoms with Crippen molar-refractivity contribution in [3.63, 3.8) is 0 Å². The van der Waals surface area contributed by atoms with Crippen molar-refractivity contribution >= 4 is 23.3 Å². The van der Waals surface area contributed by atoms with E-state index in [0.717, 1.165) is 0 Å². The Kier molecular flexibility index (Phi) is 5.22. The number of carbonyl (C=O) groups is 2. The summed E-state index contributed by atoms with van der Waals surface area (Å²) in [6.45, 7) is 1.00. The molecule has 2 aromatic heterocycles. The van der Waals surface area contributed by atoms with E-state index in [4.69, 9.17) is 16.0 Å². The van der Waals surface area contributed by atoms with Crippen molar-refractivity contribution < 1.29 is 19.1 Å². The zero-order chi connectivity index (χ0) is 20.4. The minimum atomic E-state index is -0.722. The highest BCUT2D eigenvalue weighted by molar-refractivity contribution is 6.30. The average Bonchev–Trinajstić information content (AvgIpc) is 3.47. The van der Waals surface area contributed by atoms with Gasteiger partial charge in [0.05, 0.1) is 24.2 Å². The van der Waals surface area contributed by atoms with E-state index < -0.39 is 23.5 Å². The molecule has 1 aliphatic rings. The van der Waals surface area contributed by atoms with E-state index in [-0.39, 0.29) is 11.3 Å². The number of nitrogens with zero attached hydrogens (tertiary/aromatic N) is 3. The molecule has 4 rings (SSSR count). The molecule has 7 nitrogen and oxygen atoms in total. The van der Waals surface area contributed by atoms with Gasteiger partial charge in [0, 0.05) is 30.5 Å². The Hall–Kier alpha value is -3.32. The number of hydrogen-bond donors (Lipinski definition) is 1. The van der Waals surface area contributed by atoms with Crippen LogP contribution < -0.4 is 0 Å². The number of aryl methyl sites for hydroxylation is 1. The first-order valence-electron chi connectivity index (χ1n) is 9.10. The van der Waals surface area contributed by atoms with Gasteiger partial charge in [0.1, 0.15) is 0 Å². The molecular formula is C21H18ClN3O4. The van der Waals surface area contributed by atoms with Gasteiger partial charge in [0.25, 0.3) is 5.91 Å². The molecule has 1 amide bonds. The summed E-state index contributed by atoms with van der Waals surface area (Å²) < 4.78 is 7.11. The van der Waals surface area contributed by atoms with E-state index in [1.807, 2.05) is 10.8 Å². The molecular weight excluding hydrogens is 394 g/mol. The van der Waals surface area contributed by atoms with E-state index in [1.54, 1.807) is 42.9 Å². The van der Waals surface area contributed by atoms with Crippen LogP contribution in [-0.4, -0.2) is 37.8 Å². The van der Waals surface area contributed by atoms with Crippen LogP contribution in [0.4, 0.5) is 0 Å². The molecule has 0 bridgehead atoms. The maximum Gasteiger partial charge on any atom is 0.290 e. The van der Waals surface area contributed by atoms with Crippen LogP contribution in [0.5, 0.6) is 0 Å². The Balaban J connectivity index is 1.66. The maximum absolute atomic E-state index is 13.0. The molecule has 0 spiro atoms. The Bertz CT molecular complexity index is 1040. The normalized spacial score (nSPS) is 16.7. The number of aromatic nitrogens is 2. The maximum atomic E-state index is 13.0. The molecule has 0 saturated heterocycles. The monoisotopic (exact) mass is 411 g/mol. The Morgan fingerprint density at radius 1 is 1.21 bits per heavy atom. The fourth-order valence-corrected chi connectivity index (χ4v) is 3.62. The van der Waals surface area contributed by atoms with E-state index in [0.29, 0.717) is 30.1 Å². The van der Waals surface area contributed by atoms with Crippen LogP contribution in [0.15, 0.2) is 77.1 Å². The van der Waals surface area contributed by atoms with Gasteiger partial charge in [-0.2, -0.15) is 0 Å². The van der Waals surface area contributed by atoms with Gasteiger partial charge in [0.15, 0.2) is 11.5 Å². The minimum absolute atomic E-state index is 0.00917. The third-order valence-electron chi connectivity index (χ3n) is 4.85. The van der Waals surface area contributed by atoms with Crippen LogP contribution >= 0.6 is 11.6 Å². The quantitative estimate of drug-likeness (QED) is 0.597. The lowest BCUT2D eigenvalue weighted by molar-refractivity contribution is -0.129. The SMILES string of the molecule is O=C(C1=C(O)C(=O)N(CCCn2ccnc2)[C@H]1c1ccc(Cl)cc1)c1ccco1. The molecule has 29 heavy (non-hydrogen) atoms. The highest BCUT2D eigenvalue weighted by Gasteiger charge is 2.44. The number of ketones is 1. The van der Waals surface area contributed by atoms with Gasteiger partial charge in [-0.1, -0.05) is 23.7 Å². The summed E-state index contributed by atoms with van der Waals surface area (Å²) in [7, 11) is 0. The number of imidazole rings is 1. The summed E-state index contributed by atoms with van der Waals surface area (Å²) in [5.41, 5.74) is 0.694. The third kappa shape index (κ3) is 3.69. The predicted molar refractivity (Wildman–Crippen MR) is 105 cm³/mol. The number of furan rings is 1. The number of aliphatic hydroxyl groups excluding tert-OH is 1. The highest BCUT2D eigenvalue weighted by atomic mass is 35.5. The lowest BCUT2D eigenvalue weighted by Crippen LogP contribution is -2.32. The number of rotatable bonds is 7. The van der Waals surface area contributed by atoms with Crippen LogP contribution in [0.3, 0.4) is 0 Å². The topological polar surface area (TPSA) is 88.6 Å². The van der Waals surface area contributed by atoms with Crippen molar-refractivity contribution in [1.29, 1.82) is 0 Å². The number of Topliss-reactive ketones (excluding diaryl/α,β-unsaturated/α-hetero) is 1. The molecule has 1 atom stereocenters. The van der Waals surface area contributed by atoms with Gasteiger partial charge in [-0.25, -0.2) is 4.98 Å². The molecule has 0 unspecified atom stereocenters. The van der Waals surface area contributed by atoms with Crippen molar-refractivity contribution in [3.8, 4) is 0 Å². The molecule has 0 radical (unpaired) electrons. The molecule has 0 saturated carbocycles. The largest absolute Gasteiger partial charge is 0.503 e. The van der Waals surface area contributed by atoms with Crippen LogP contribution in [0.2, 0.25) is 5.02 Å². The molecule has 1 N–H and O–H groups in total. The van der Waals surface area contributed by atoms with Crippen molar-refractivity contribution in [1.82, 2.24) is 14.5 Å². The average molecular weight is 412 g/mol. The molecule has 3 aromatic rings. The number of hydrogen-bond acceptors (Lipinski definition) is 5. The van der Waals surface area contributed by atoms with Gasteiger partial charge in [-0.05, 0) is 36.2 Å².